The second-order valence-corrected chi connectivity index (χ2v) is 6.72. The van der Waals surface area contributed by atoms with Gasteiger partial charge in [0.25, 0.3) is 0 Å². The van der Waals surface area contributed by atoms with Crippen molar-refractivity contribution in [1.29, 1.82) is 0 Å². The second-order valence-electron chi connectivity index (χ2n) is 6.72. The van der Waals surface area contributed by atoms with Crippen molar-refractivity contribution in [2.24, 2.45) is 5.73 Å². The lowest BCUT2D eigenvalue weighted by atomic mass is 10.2. The molecule has 0 aliphatic carbocycles. The predicted octanol–water partition coefficient (Wildman–Crippen LogP) is 0.0235. The van der Waals surface area contributed by atoms with Crippen LogP contribution in [0.3, 0.4) is 0 Å². The van der Waals surface area contributed by atoms with Gasteiger partial charge in [0, 0.05) is 32.7 Å². The third-order valence-corrected chi connectivity index (χ3v) is 3.58. The van der Waals surface area contributed by atoms with Crippen molar-refractivity contribution in [2.45, 2.75) is 45.6 Å². The van der Waals surface area contributed by atoms with Crippen molar-refractivity contribution in [2.75, 3.05) is 52.4 Å². The Morgan fingerprint density at radius 3 is 2.10 bits per heavy atom. The number of hydrogen-bond donors (Lipinski definition) is 3. The van der Waals surface area contributed by atoms with E-state index in [0.29, 0.717) is 0 Å². The maximum atomic E-state index is 9.68. The minimum absolute atomic E-state index is 0.327. The molecule has 0 unspecified atom stereocenters. The zero-order chi connectivity index (χ0) is 15.7. The molecule has 0 saturated carbocycles. The van der Waals surface area contributed by atoms with E-state index in [2.05, 4.69) is 15.1 Å². The minimum Gasteiger partial charge on any atom is -0.356 e. The topological polar surface area (TPSA) is 74.0 Å². The predicted molar refractivity (Wildman–Crippen MR) is 86.0 cm³/mol. The molecule has 1 aliphatic heterocycles. The summed E-state index contributed by atoms with van der Waals surface area (Å²) in [6, 6.07) is 0. The molecule has 1 heterocycles. The lowest BCUT2D eigenvalue weighted by Crippen LogP contribution is -2.47. The largest absolute Gasteiger partial charge is 0.356 e. The highest BCUT2D eigenvalue weighted by atomic mass is 16.6. The van der Waals surface area contributed by atoms with Gasteiger partial charge in [0.1, 0.15) is 0 Å². The van der Waals surface area contributed by atoms with Gasteiger partial charge in [0.2, 0.25) is 6.41 Å². The number of ether oxygens (including phenoxy) is 1. The normalized spacial score (nSPS) is 19.9. The number of hydrogen-bond acceptors (Lipinski definition) is 6. The molecule has 1 rings (SSSR count). The van der Waals surface area contributed by atoms with E-state index in [4.69, 9.17) is 10.5 Å². The molecule has 0 aromatic heterocycles. The third kappa shape index (κ3) is 9.39. The molecule has 0 spiro atoms. The Morgan fingerprint density at radius 2 is 1.62 bits per heavy atom. The van der Waals surface area contributed by atoms with E-state index in [1.165, 1.54) is 0 Å². The van der Waals surface area contributed by atoms with Crippen molar-refractivity contribution in [3.63, 3.8) is 0 Å². The molecule has 126 valence electrons. The lowest BCUT2D eigenvalue weighted by molar-refractivity contribution is -0.181. The summed E-state index contributed by atoms with van der Waals surface area (Å²) in [4.78, 5) is 4.97. The molecular weight excluding hydrogens is 268 g/mol. The van der Waals surface area contributed by atoms with Crippen LogP contribution in [0.15, 0.2) is 0 Å². The molecule has 1 aliphatic rings. The molecule has 0 amide bonds. The maximum absolute atomic E-state index is 9.68. The van der Waals surface area contributed by atoms with Crippen LogP contribution in [0.5, 0.6) is 0 Å². The first-order chi connectivity index (χ1) is 9.90. The molecule has 21 heavy (non-hydrogen) atoms. The Kier molecular flexibility index (Phi) is 8.70. The average Bonchev–Trinajstić information content (AvgIpc) is 2.41. The van der Waals surface area contributed by atoms with E-state index >= 15 is 0 Å². The Balaban J connectivity index is 2.02. The summed E-state index contributed by atoms with van der Waals surface area (Å²) in [5.41, 5.74) is 5.21. The highest BCUT2D eigenvalue weighted by molar-refractivity contribution is 4.72. The van der Waals surface area contributed by atoms with Crippen molar-refractivity contribution < 1.29 is 9.84 Å². The third-order valence-electron chi connectivity index (χ3n) is 3.58. The van der Waals surface area contributed by atoms with Crippen LogP contribution in [0.25, 0.3) is 0 Å². The first-order valence-corrected chi connectivity index (χ1v) is 8.15. The molecule has 1 atom stereocenters. The number of nitrogens with zero attached hydrogens (tertiary/aromatic N) is 2. The van der Waals surface area contributed by atoms with Crippen molar-refractivity contribution in [1.82, 2.24) is 15.1 Å². The summed E-state index contributed by atoms with van der Waals surface area (Å²) in [7, 11) is 0. The average molecular weight is 302 g/mol. The maximum Gasteiger partial charge on any atom is 0.214 e. The Labute approximate surface area is 129 Å². The monoisotopic (exact) mass is 302 g/mol. The van der Waals surface area contributed by atoms with Crippen LogP contribution < -0.4 is 11.1 Å². The van der Waals surface area contributed by atoms with Gasteiger partial charge in [0.05, 0.1) is 5.60 Å². The number of rotatable bonds is 9. The zero-order valence-electron chi connectivity index (χ0n) is 14.0. The fraction of sp³-hybridized carbons (Fsp3) is 1.00. The SMILES string of the molecule is CC(C)(C)O[C@H](O)NCCCN1CCN(CCCN)CC1. The first kappa shape index (κ1) is 18.8. The quantitative estimate of drug-likeness (QED) is 0.412. The van der Waals surface area contributed by atoms with Crippen molar-refractivity contribution in [3.05, 3.63) is 0 Å². The number of aliphatic hydroxyl groups is 1. The second kappa shape index (κ2) is 9.71. The smallest absolute Gasteiger partial charge is 0.214 e. The van der Waals surface area contributed by atoms with Crippen LogP contribution in [0.2, 0.25) is 0 Å². The summed E-state index contributed by atoms with van der Waals surface area (Å²) < 4.78 is 5.40. The van der Waals surface area contributed by atoms with Crippen LogP contribution in [0, 0.1) is 0 Å². The number of nitrogens with two attached hydrogens (primary N) is 1. The molecular formula is C15H34N4O2. The van der Waals surface area contributed by atoms with E-state index in [9.17, 15) is 5.11 Å². The number of nitrogens with one attached hydrogen (secondary N) is 1. The van der Waals surface area contributed by atoms with E-state index in [1.54, 1.807) is 0 Å². The van der Waals surface area contributed by atoms with E-state index in [1.807, 2.05) is 20.8 Å². The minimum atomic E-state index is -0.877. The summed E-state index contributed by atoms with van der Waals surface area (Å²) in [5, 5.41) is 12.7. The summed E-state index contributed by atoms with van der Waals surface area (Å²) >= 11 is 0. The lowest BCUT2D eigenvalue weighted by Gasteiger charge is -2.34. The van der Waals surface area contributed by atoms with Gasteiger partial charge in [-0.05, 0) is 53.2 Å². The number of piperazine rings is 1. The fourth-order valence-corrected chi connectivity index (χ4v) is 2.46. The molecule has 4 N–H and O–H groups in total. The fourth-order valence-electron chi connectivity index (χ4n) is 2.46. The van der Waals surface area contributed by atoms with Gasteiger partial charge in [0.15, 0.2) is 0 Å². The Morgan fingerprint density at radius 1 is 1.10 bits per heavy atom. The zero-order valence-corrected chi connectivity index (χ0v) is 14.0. The summed E-state index contributed by atoms with van der Waals surface area (Å²) in [5.74, 6) is 0. The molecule has 6 nitrogen and oxygen atoms in total. The van der Waals surface area contributed by atoms with Crippen LogP contribution in [0.4, 0.5) is 0 Å². The highest BCUT2D eigenvalue weighted by Gasteiger charge is 2.17. The molecule has 0 aromatic rings. The van der Waals surface area contributed by atoms with Gasteiger partial charge in [-0.3, -0.25) is 5.32 Å². The van der Waals surface area contributed by atoms with Gasteiger partial charge >= 0.3 is 0 Å². The van der Waals surface area contributed by atoms with Crippen molar-refractivity contribution >= 4 is 0 Å². The molecule has 0 aromatic carbocycles. The summed E-state index contributed by atoms with van der Waals surface area (Å²) in [6.07, 6.45) is 1.24. The highest BCUT2D eigenvalue weighted by Crippen LogP contribution is 2.08. The number of aliphatic hydroxyl groups excluding tert-OH is 1. The van der Waals surface area contributed by atoms with Crippen LogP contribution >= 0.6 is 0 Å². The van der Waals surface area contributed by atoms with E-state index in [-0.39, 0.29) is 5.60 Å². The molecule has 0 radical (unpaired) electrons. The summed E-state index contributed by atoms with van der Waals surface area (Å²) in [6.45, 7) is 14.1. The Bertz CT molecular complexity index is 263. The molecule has 0 bridgehead atoms. The van der Waals surface area contributed by atoms with Gasteiger partial charge in [-0.1, -0.05) is 0 Å². The Hall–Kier alpha value is -0.240. The van der Waals surface area contributed by atoms with E-state index < -0.39 is 6.41 Å². The molecule has 6 heteroatoms. The molecule has 1 saturated heterocycles. The standard InChI is InChI=1S/C15H34N4O2/c1-15(2,3)21-14(20)17-7-5-9-19-12-10-18(11-13-19)8-4-6-16/h14,17,20H,4-13,16H2,1-3H3/t14-/m0/s1. The van der Waals surface area contributed by atoms with E-state index in [0.717, 1.165) is 65.2 Å². The van der Waals surface area contributed by atoms with Gasteiger partial charge in [-0.2, -0.15) is 0 Å². The van der Waals surface area contributed by atoms with Crippen molar-refractivity contribution in [3.8, 4) is 0 Å². The molecule has 1 fully saturated rings. The van der Waals surface area contributed by atoms with Crippen LogP contribution in [-0.4, -0.2) is 79.3 Å². The van der Waals surface area contributed by atoms with Gasteiger partial charge < -0.3 is 25.4 Å². The van der Waals surface area contributed by atoms with Gasteiger partial charge in [-0.25, -0.2) is 0 Å². The van der Waals surface area contributed by atoms with Crippen LogP contribution in [0.1, 0.15) is 33.6 Å². The van der Waals surface area contributed by atoms with Gasteiger partial charge in [-0.15, -0.1) is 0 Å². The first-order valence-electron chi connectivity index (χ1n) is 8.15. The van der Waals surface area contributed by atoms with Crippen LogP contribution in [-0.2, 0) is 4.74 Å².